The third-order valence-corrected chi connectivity index (χ3v) is 5.27. The Morgan fingerprint density at radius 1 is 1.38 bits per heavy atom. The number of nitrogens with zero attached hydrogens (tertiary/aromatic N) is 2. The number of aromatic nitrogens is 2. The molecule has 1 amide bonds. The van der Waals surface area contributed by atoms with Crippen molar-refractivity contribution < 1.29 is 33.3 Å². The molecule has 0 aliphatic carbocycles. The van der Waals surface area contributed by atoms with Gasteiger partial charge in [-0.3, -0.25) is 4.79 Å². The van der Waals surface area contributed by atoms with E-state index in [2.05, 4.69) is 14.7 Å². The van der Waals surface area contributed by atoms with Crippen molar-refractivity contribution in [3.8, 4) is 5.88 Å². The van der Waals surface area contributed by atoms with E-state index in [0.29, 0.717) is 44.5 Å². The van der Waals surface area contributed by atoms with Crippen LogP contribution in [-0.4, -0.2) is 55.8 Å². The molecule has 32 heavy (non-hydrogen) atoms. The lowest BCUT2D eigenvalue weighted by Gasteiger charge is -2.34. The molecule has 1 aliphatic rings. The Hall–Kier alpha value is -3.27. The summed E-state index contributed by atoms with van der Waals surface area (Å²) < 4.78 is 33.5. The zero-order valence-corrected chi connectivity index (χ0v) is 17.3. The van der Waals surface area contributed by atoms with E-state index in [1.807, 2.05) is 0 Å². The Morgan fingerprint density at radius 3 is 2.84 bits per heavy atom. The molecule has 172 valence electrons. The van der Waals surface area contributed by atoms with Crippen molar-refractivity contribution in [3.05, 3.63) is 60.1 Å². The number of carbonyl (C=O) groups is 2. The number of piperidine rings is 1. The number of alkyl halides is 2. The van der Waals surface area contributed by atoms with Crippen LogP contribution in [0.5, 0.6) is 5.88 Å². The normalized spacial score (nSPS) is 18.2. The summed E-state index contributed by atoms with van der Waals surface area (Å²) in [5.74, 6) is -3.01. The number of nitrogens with one attached hydrogen (secondary N) is 1. The number of hydrogen-bond acceptors (Lipinski definition) is 5. The van der Waals surface area contributed by atoms with Crippen molar-refractivity contribution in [2.75, 3.05) is 6.54 Å². The lowest BCUT2D eigenvalue weighted by molar-refractivity contribution is -0.135. The molecule has 0 radical (unpaired) electrons. The number of benzene rings is 1. The smallest absolute Gasteiger partial charge is 0.449 e. The van der Waals surface area contributed by atoms with Crippen molar-refractivity contribution in [2.24, 2.45) is 0 Å². The fraction of sp³-hybridized carbons (Fsp3) is 0.409. The second kappa shape index (κ2) is 10.4. The van der Waals surface area contributed by atoms with E-state index < -0.39 is 18.2 Å². The number of amides is 1. The van der Waals surface area contributed by atoms with Gasteiger partial charge in [0.25, 0.3) is 0 Å². The molecule has 2 aromatic rings. The molecular weight excluding hydrogens is 424 g/mol. The number of halogens is 2. The van der Waals surface area contributed by atoms with Crippen LogP contribution in [0.15, 0.2) is 48.7 Å². The van der Waals surface area contributed by atoms with Crippen LogP contribution in [0.2, 0.25) is 0 Å². The van der Waals surface area contributed by atoms with Gasteiger partial charge in [0.1, 0.15) is 11.9 Å². The average Bonchev–Trinajstić information content (AvgIpc) is 3.20. The van der Waals surface area contributed by atoms with Crippen LogP contribution in [0.4, 0.5) is 13.6 Å². The van der Waals surface area contributed by atoms with Crippen LogP contribution in [0.1, 0.15) is 37.1 Å². The molecule has 1 aromatic carbocycles. The summed E-state index contributed by atoms with van der Waals surface area (Å²) in [4.78, 5) is 31.3. The fourth-order valence-corrected chi connectivity index (χ4v) is 3.66. The number of H-pyrrole nitrogens is 1. The molecule has 2 heterocycles. The summed E-state index contributed by atoms with van der Waals surface area (Å²) in [6.45, 7) is 0.370. The van der Waals surface area contributed by atoms with E-state index in [4.69, 9.17) is 5.11 Å². The number of rotatable bonds is 9. The van der Waals surface area contributed by atoms with Gasteiger partial charge >= 0.3 is 12.1 Å². The summed E-state index contributed by atoms with van der Waals surface area (Å²) in [7, 11) is 0. The Morgan fingerprint density at radius 2 is 2.12 bits per heavy atom. The van der Waals surface area contributed by atoms with E-state index in [1.54, 1.807) is 11.0 Å². The van der Waals surface area contributed by atoms with Crippen LogP contribution in [0.3, 0.4) is 0 Å². The van der Waals surface area contributed by atoms with Crippen molar-refractivity contribution in [1.82, 2.24) is 14.9 Å². The topological polar surface area (TPSA) is 116 Å². The number of likely N-dealkylation sites (tertiary alicyclic amines) is 1. The van der Waals surface area contributed by atoms with Gasteiger partial charge in [-0.15, -0.1) is 0 Å². The monoisotopic (exact) mass is 449 g/mol. The summed E-state index contributed by atoms with van der Waals surface area (Å²) in [6.07, 6.45) is 2.94. The summed E-state index contributed by atoms with van der Waals surface area (Å²) in [5, 5.41) is 18.7. The largest absolute Gasteiger partial charge is 0.512 e. The maximum Gasteiger partial charge on any atom is 0.512 e. The number of aryl methyl sites for hydroxylation is 1. The molecule has 8 nitrogen and oxygen atoms in total. The number of aliphatic hydroxyl groups excluding tert-OH is 1. The molecule has 10 heteroatoms. The molecule has 0 saturated carbocycles. The molecule has 2 atom stereocenters. The molecule has 3 N–H and O–H groups in total. The second-order valence-electron chi connectivity index (χ2n) is 7.53. The zero-order valence-electron chi connectivity index (χ0n) is 17.3. The predicted molar refractivity (Wildman–Crippen MR) is 110 cm³/mol. The highest BCUT2D eigenvalue weighted by Gasteiger charge is 2.39. The van der Waals surface area contributed by atoms with Crippen molar-refractivity contribution in [1.29, 1.82) is 0 Å². The van der Waals surface area contributed by atoms with Crippen molar-refractivity contribution >= 4 is 12.1 Å². The minimum atomic E-state index is -3.45. The Balaban J connectivity index is 1.59. The maximum atomic E-state index is 14.5. The van der Waals surface area contributed by atoms with E-state index in [-0.39, 0.29) is 23.4 Å². The van der Waals surface area contributed by atoms with E-state index >= 15 is 0 Å². The Bertz CT molecular complexity index is 948. The Labute approximate surface area is 183 Å². The number of imidazole rings is 1. The van der Waals surface area contributed by atoms with Crippen LogP contribution in [0.25, 0.3) is 0 Å². The molecule has 0 unspecified atom stereocenters. The third kappa shape index (κ3) is 5.91. The Kier molecular flexibility index (Phi) is 7.57. The van der Waals surface area contributed by atoms with Gasteiger partial charge in [-0.1, -0.05) is 42.5 Å². The molecule has 1 fully saturated rings. The first-order valence-electron chi connectivity index (χ1n) is 10.3. The summed E-state index contributed by atoms with van der Waals surface area (Å²) in [6, 6.07) is 6.72. The molecule has 3 rings (SSSR count). The first kappa shape index (κ1) is 23.4. The van der Waals surface area contributed by atoms with Gasteiger partial charge in [-0.05, 0) is 19.3 Å². The number of carbonyl (C=O) groups excluding carboxylic acids is 1. The number of carboxylic acid groups (broad SMARTS) is 1. The average molecular weight is 449 g/mol. The van der Waals surface area contributed by atoms with E-state index in [9.17, 15) is 23.5 Å². The van der Waals surface area contributed by atoms with Crippen LogP contribution < -0.4 is 4.74 Å². The van der Waals surface area contributed by atoms with E-state index in [1.165, 1.54) is 36.5 Å². The van der Waals surface area contributed by atoms with Crippen molar-refractivity contribution in [2.45, 2.75) is 50.2 Å². The molecule has 0 bridgehead atoms. The van der Waals surface area contributed by atoms with Crippen LogP contribution in [0, 0.1) is 0 Å². The predicted octanol–water partition coefficient (Wildman–Crippen LogP) is 3.49. The number of aromatic amines is 1. The fourth-order valence-electron chi connectivity index (χ4n) is 3.66. The van der Waals surface area contributed by atoms with Gasteiger partial charge in [-0.25, -0.2) is 9.78 Å². The van der Waals surface area contributed by atoms with Crippen LogP contribution >= 0.6 is 0 Å². The lowest BCUT2D eigenvalue weighted by Crippen LogP contribution is -2.43. The minimum absolute atomic E-state index is 0.00990. The standard InChI is InChI=1S/C22H25F2N3O5/c23-22(24,15-6-2-1-3-7-15)17(28)12-11-16-8-4-10-20(29)27(16)13-5-9-18-25-14-19(26-18)32-21(30)31/h1-3,6-7,11-12,14,16-17,28H,4-5,8-10,13H2,(H,25,26)(H,30,31)/b12-11+/t16-,17-/m1/s1. The highest BCUT2D eigenvalue weighted by Crippen LogP contribution is 2.32. The SMILES string of the molecule is O=C(O)Oc1cnc(CCCN2C(=O)CCC[C@@H]2/C=C/[C@@H](O)C(F)(F)c2ccccc2)[nH]1. The van der Waals surface area contributed by atoms with Gasteiger partial charge in [0.05, 0.1) is 12.2 Å². The molecule has 0 spiro atoms. The molecule has 1 aromatic heterocycles. The summed E-state index contributed by atoms with van der Waals surface area (Å²) >= 11 is 0. The third-order valence-electron chi connectivity index (χ3n) is 5.27. The highest BCUT2D eigenvalue weighted by molar-refractivity contribution is 5.77. The number of hydrogen-bond donors (Lipinski definition) is 3. The molecule has 1 saturated heterocycles. The van der Waals surface area contributed by atoms with E-state index in [0.717, 1.165) is 6.08 Å². The molecular formula is C22H25F2N3O5. The summed E-state index contributed by atoms with van der Waals surface area (Å²) in [5.41, 5.74) is -0.279. The van der Waals surface area contributed by atoms with Gasteiger partial charge in [0, 0.05) is 24.9 Å². The number of ether oxygens (including phenoxy) is 1. The zero-order chi connectivity index (χ0) is 23.1. The van der Waals surface area contributed by atoms with Gasteiger partial charge in [0.2, 0.25) is 11.8 Å². The minimum Gasteiger partial charge on any atom is -0.449 e. The highest BCUT2D eigenvalue weighted by atomic mass is 19.3. The first-order valence-corrected chi connectivity index (χ1v) is 10.3. The molecule has 1 aliphatic heterocycles. The quantitative estimate of drug-likeness (QED) is 0.399. The van der Waals surface area contributed by atoms with Crippen LogP contribution in [-0.2, 0) is 17.1 Å². The maximum absolute atomic E-state index is 14.5. The first-order chi connectivity index (χ1) is 15.3. The van der Waals surface area contributed by atoms with Gasteiger partial charge < -0.3 is 24.8 Å². The van der Waals surface area contributed by atoms with Crippen molar-refractivity contribution in [3.63, 3.8) is 0 Å². The number of aliphatic hydroxyl groups is 1. The van der Waals surface area contributed by atoms with Gasteiger partial charge in [-0.2, -0.15) is 8.78 Å². The second-order valence-corrected chi connectivity index (χ2v) is 7.53. The lowest BCUT2D eigenvalue weighted by atomic mass is 9.98. The van der Waals surface area contributed by atoms with Gasteiger partial charge in [0.15, 0.2) is 0 Å².